The van der Waals surface area contributed by atoms with Crippen LogP contribution < -0.4 is 5.32 Å². The van der Waals surface area contributed by atoms with Crippen LogP contribution in [0.4, 0.5) is 0 Å². The number of hydrogen-bond acceptors (Lipinski definition) is 3. The van der Waals surface area contributed by atoms with Gasteiger partial charge in [0, 0.05) is 20.8 Å². The van der Waals surface area contributed by atoms with Crippen molar-refractivity contribution >= 4 is 5.91 Å². The van der Waals surface area contributed by atoms with Gasteiger partial charge in [0.1, 0.15) is 0 Å². The highest BCUT2D eigenvalue weighted by atomic mass is 16.5. The Bertz CT molecular complexity index is 147. The van der Waals surface area contributed by atoms with Gasteiger partial charge in [0.2, 0.25) is 5.91 Å². The van der Waals surface area contributed by atoms with E-state index in [1.165, 1.54) is 6.08 Å². The lowest BCUT2D eigenvalue weighted by Gasteiger charge is -2.13. The van der Waals surface area contributed by atoms with Crippen LogP contribution in [-0.4, -0.2) is 39.4 Å². The predicted octanol–water partition coefficient (Wildman–Crippen LogP) is -0.0500. The van der Waals surface area contributed by atoms with Gasteiger partial charge >= 0.3 is 0 Å². The normalized spacial score (nSPS) is 12.2. The van der Waals surface area contributed by atoms with Crippen LogP contribution in [0.5, 0.6) is 0 Å². The van der Waals surface area contributed by atoms with Gasteiger partial charge < -0.3 is 14.8 Å². The molecule has 4 heteroatoms. The standard InChI is InChI=1S/C8H15NO3/c1-4-8(10)9-5-7(12-3)6-11-2/h4,7H,1,5-6H2,2-3H3,(H,9,10). The first-order valence-corrected chi connectivity index (χ1v) is 3.66. The van der Waals surface area contributed by atoms with Gasteiger partial charge in [-0.3, -0.25) is 4.79 Å². The average Bonchev–Trinajstić information content (AvgIpc) is 2.11. The molecule has 1 atom stereocenters. The first kappa shape index (κ1) is 11.1. The van der Waals surface area contributed by atoms with Crippen molar-refractivity contribution in [2.24, 2.45) is 0 Å². The van der Waals surface area contributed by atoms with E-state index in [2.05, 4.69) is 11.9 Å². The molecule has 0 aromatic heterocycles. The van der Waals surface area contributed by atoms with Crippen LogP contribution in [0, 0.1) is 0 Å². The van der Waals surface area contributed by atoms with Gasteiger partial charge in [-0.25, -0.2) is 0 Å². The largest absolute Gasteiger partial charge is 0.382 e. The molecule has 0 bridgehead atoms. The molecule has 0 saturated carbocycles. The molecule has 1 unspecified atom stereocenters. The average molecular weight is 173 g/mol. The van der Waals surface area contributed by atoms with Crippen molar-refractivity contribution in [3.8, 4) is 0 Å². The quantitative estimate of drug-likeness (QED) is 0.573. The molecule has 0 radical (unpaired) electrons. The molecule has 0 aromatic carbocycles. The number of rotatable bonds is 6. The monoisotopic (exact) mass is 173 g/mol. The molecular weight excluding hydrogens is 158 g/mol. The molecule has 0 aliphatic carbocycles. The predicted molar refractivity (Wildman–Crippen MR) is 45.9 cm³/mol. The van der Waals surface area contributed by atoms with Crippen LogP contribution in [0.2, 0.25) is 0 Å². The molecule has 0 heterocycles. The lowest BCUT2D eigenvalue weighted by atomic mass is 10.3. The number of ether oxygens (including phenoxy) is 2. The Morgan fingerprint density at radius 2 is 2.33 bits per heavy atom. The minimum absolute atomic E-state index is 0.0982. The zero-order valence-electron chi connectivity index (χ0n) is 7.50. The number of methoxy groups -OCH3 is 2. The Balaban J connectivity index is 3.56. The molecule has 70 valence electrons. The summed E-state index contributed by atoms with van der Waals surface area (Å²) in [5.74, 6) is -0.201. The van der Waals surface area contributed by atoms with Gasteiger partial charge in [-0.1, -0.05) is 6.58 Å². The maximum Gasteiger partial charge on any atom is 0.243 e. The summed E-state index contributed by atoms with van der Waals surface area (Å²) < 4.78 is 9.87. The molecule has 0 rings (SSSR count). The number of carbonyl (C=O) groups is 1. The van der Waals surface area contributed by atoms with E-state index in [9.17, 15) is 4.79 Å². The fourth-order valence-electron chi connectivity index (χ4n) is 0.683. The molecule has 0 saturated heterocycles. The summed E-state index contributed by atoms with van der Waals surface area (Å²) in [5, 5.41) is 2.61. The molecule has 1 N–H and O–H groups in total. The summed E-state index contributed by atoms with van der Waals surface area (Å²) in [7, 11) is 3.16. The van der Waals surface area contributed by atoms with E-state index < -0.39 is 0 Å². The van der Waals surface area contributed by atoms with Crippen LogP contribution in [0.15, 0.2) is 12.7 Å². The van der Waals surface area contributed by atoms with E-state index in [0.717, 1.165) is 0 Å². The van der Waals surface area contributed by atoms with Crippen molar-refractivity contribution < 1.29 is 14.3 Å². The third-order valence-corrected chi connectivity index (χ3v) is 1.38. The summed E-state index contributed by atoms with van der Waals surface area (Å²) >= 11 is 0. The highest BCUT2D eigenvalue weighted by Gasteiger charge is 2.06. The molecule has 1 amide bonds. The van der Waals surface area contributed by atoms with Crippen LogP contribution >= 0.6 is 0 Å². The van der Waals surface area contributed by atoms with E-state index in [4.69, 9.17) is 9.47 Å². The van der Waals surface area contributed by atoms with E-state index in [1.54, 1.807) is 14.2 Å². The first-order valence-electron chi connectivity index (χ1n) is 3.66. The second-order valence-electron chi connectivity index (χ2n) is 2.26. The molecule has 4 nitrogen and oxygen atoms in total. The van der Waals surface area contributed by atoms with Crippen molar-refractivity contribution in [1.29, 1.82) is 0 Å². The van der Waals surface area contributed by atoms with Crippen molar-refractivity contribution in [3.05, 3.63) is 12.7 Å². The maximum absolute atomic E-state index is 10.7. The summed E-state index contributed by atoms with van der Waals surface area (Å²) in [6, 6.07) is 0. The van der Waals surface area contributed by atoms with Gasteiger partial charge in [-0.15, -0.1) is 0 Å². The van der Waals surface area contributed by atoms with Crippen LogP contribution in [0.1, 0.15) is 0 Å². The third kappa shape index (κ3) is 4.87. The molecular formula is C8H15NO3. The van der Waals surface area contributed by atoms with Crippen LogP contribution in [0.3, 0.4) is 0 Å². The number of nitrogens with one attached hydrogen (secondary N) is 1. The lowest BCUT2D eigenvalue weighted by molar-refractivity contribution is -0.117. The molecule has 12 heavy (non-hydrogen) atoms. The zero-order chi connectivity index (χ0) is 9.40. The highest BCUT2D eigenvalue weighted by molar-refractivity contribution is 5.86. The van der Waals surface area contributed by atoms with E-state index in [0.29, 0.717) is 13.2 Å². The third-order valence-electron chi connectivity index (χ3n) is 1.38. The number of hydrogen-bond donors (Lipinski definition) is 1. The van der Waals surface area contributed by atoms with Gasteiger partial charge in [0.05, 0.1) is 12.7 Å². The highest BCUT2D eigenvalue weighted by Crippen LogP contribution is 1.88. The maximum atomic E-state index is 10.7. The zero-order valence-corrected chi connectivity index (χ0v) is 7.50. The molecule has 0 spiro atoms. The van der Waals surface area contributed by atoms with Crippen molar-refractivity contribution in [3.63, 3.8) is 0 Å². The Hall–Kier alpha value is -0.870. The summed E-state index contributed by atoms with van der Waals surface area (Å²) in [6.07, 6.45) is 1.12. The summed E-state index contributed by atoms with van der Waals surface area (Å²) in [4.78, 5) is 10.7. The van der Waals surface area contributed by atoms with Gasteiger partial charge in [-0.05, 0) is 6.08 Å². The number of carbonyl (C=O) groups excluding carboxylic acids is 1. The second-order valence-corrected chi connectivity index (χ2v) is 2.26. The van der Waals surface area contributed by atoms with Gasteiger partial charge in [-0.2, -0.15) is 0 Å². The van der Waals surface area contributed by atoms with Crippen molar-refractivity contribution in [2.45, 2.75) is 6.10 Å². The Morgan fingerprint density at radius 1 is 1.67 bits per heavy atom. The van der Waals surface area contributed by atoms with E-state index in [1.807, 2.05) is 0 Å². The molecule has 0 aliphatic heterocycles. The van der Waals surface area contributed by atoms with Crippen LogP contribution in [-0.2, 0) is 14.3 Å². The van der Waals surface area contributed by atoms with Crippen molar-refractivity contribution in [1.82, 2.24) is 5.32 Å². The van der Waals surface area contributed by atoms with Gasteiger partial charge in [0.15, 0.2) is 0 Å². The Kier molecular flexibility index (Phi) is 6.32. The first-order chi connectivity index (χ1) is 5.74. The van der Waals surface area contributed by atoms with Gasteiger partial charge in [0.25, 0.3) is 0 Å². The minimum atomic E-state index is -0.201. The Labute approximate surface area is 72.5 Å². The fourth-order valence-corrected chi connectivity index (χ4v) is 0.683. The number of amides is 1. The topological polar surface area (TPSA) is 47.6 Å². The summed E-state index contributed by atoms with van der Waals surface area (Å²) in [6.45, 7) is 4.23. The minimum Gasteiger partial charge on any atom is -0.382 e. The SMILES string of the molecule is C=CC(=O)NCC(COC)OC. The second kappa shape index (κ2) is 6.82. The van der Waals surface area contributed by atoms with Crippen LogP contribution in [0.25, 0.3) is 0 Å². The Morgan fingerprint density at radius 3 is 2.75 bits per heavy atom. The molecule has 0 aliphatic rings. The lowest BCUT2D eigenvalue weighted by Crippen LogP contribution is -2.34. The fraction of sp³-hybridized carbons (Fsp3) is 0.625. The van der Waals surface area contributed by atoms with Crippen molar-refractivity contribution in [2.75, 3.05) is 27.4 Å². The van der Waals surface area contributed by atoms with E-state index >= 15 is 0 Å². The van der Waals surface area contributed by atoms with E-state index in [-0.39, 0.29) is 12.0 Å². The summed E-state index contributed by atoms with van der Waals surface area (Å²) in [5.41, 5.74) is 0. The smallest absolute Gasteiger partial charge is 0.243 e. The molecule has 0 aromatic rings. The molecule has 0 fully saturated rings.